The molecule has 4 aliphatic carbocycles. The highest BCUT2D eigenvalue weighted by Crippen LogP contribution is 2.56. The minimum atomic E-state index is -0.214. The van der Waals surface area contributed by atoms with Gasteiger partial charge in [0.15, 0.2) is 0 Å². The average molecular weight is 539 g/mol. The van der Waals surface area contributed by atoms with Crippen LogP contribution in [0.1, 0.15) is 39.5 Å². The van der Waals surface area contributed by atoms with E-state index in [1.54, 1.807) is 0 Å². The Morgan fingerprint density at radius 1 is 0.564 bits per heavy atom. The smallest absolute Gasteiger partial charge is 0.311 e. The van der Waals surface area contributed by atoms with Crippen molar-refractivity contribution in [3.05, 3.63) is 0 Å². The van der Waals surface area contributed by atoms with Crippen LogP contribution in [0, 0.1) is 53.3 Å². The first-order chi connectivity index (χ1) is 18.7. The molecule has 8 heterocycles. The average Bonchev–Trinajstić information content (AvgIpc) is 3.68. The van der Waals surface area contributed by atoms with Crippen LogP contribution in [-0.4, -0.2) is 107 Å². The Morgan fingerprint density at radius 2 is 0.897 bits per heavy atom. The third kappa shape index (κ3) is 2.95. The van der Waals surface area contributed by atoms with Gasteiger partial charge in [0.05, 0.1) is 30.8 Å². The fourth-order valence-electron chi connectivity index (χ4n) is 9.98. The molecule has 10 heteroatoms. The number of amides is 4. The number of rotatable bonds is 5. The Balaban J connectivity index is 0.909. The van der Waals surface area contributed by atoms with Gasteiger partial charge in [0.25, 0.3) is 0 Å². The lowest BCUT2D eigenvalue weighted by molar-refractivity contribution is -0.153. The lowest BCUT2D eigenvalue weighted by atomic mass is 9.70. The van der Waals surface area contributed by atoms with Crippen molar-refractivity contribution in [3.8, 4) is 0 Å². The number of hydrogen-bond donors (Lipinski definition) is 0. The third-order valence-corrected chi connectivity index (χ3v) is 12.1. The molecule has 12 fully saturated rings. The topological polar surface area (TPSA) is 108 Å². The van der Waals surface area contributed by atoms with Gasteiger partial charge < -0.3 is 24.3 Å². The molecule has 8 aliphatic heterocycles. The quantitative estimate of drug-likeness (QED) is 0.463. The SMILES string of the molecule is COC(=O)C1C2CC1N(C(=O)C1C3CC1N(C(=O)C1C4CC1N(C(=O)C1C5CC1N(C(=O)C(C)C)C5)C4)C3)C2. The Labute approximate surface area is 228 Å². The maximum atomic E-state index is 13.8. The van der Waals surface area contributed by atoms with Crippen LogP contribution in [0.3, 0.4) is 0 Å². The predicted molar refractivity (Wildman–Crippen MR) is 135 cm³/mol. The van der Waals surface area contributed by atoms with E-state index in [-0.39, 0.29) is 107 Å². The van der Waals surface area contributed by atoms with E-state index in [1.165, 1.54) is 7.11 Å². The Morgan fingerprint density at radius 3 is 1.28 bits per heavy atom. The zero-order valence-corrected chi connectivity index (χ0v) is 22.9. The van der Waals surface area contributed by atoms with Crippen LogP contribution >= 0.6 is 0 Å². The summed E-state index contributed by atoms with van der Waals surface area (Å²) in [4.78, 5) is 73.5. The van der Waals surface area contributed by atoms with E-state index in [0.717, 1.165) is 25.7 Å². The molecule has 12 aliphatic rings. The third-order valence-electron chi connectivity index (χ3n) is 12.1. The standard InChI is InChI=1S/C29H38N4O6/c1-12(2)25(34)30-8-13-4-17(30)21(13)26(35)31-9-14-5-18(31)22(14)27(36)32-10-15-6-19(32)23(15)28(37)33-11-16-7-20(33)24(16)29(38)39-3/h12-24H,4-11H2,1-3H3. The number of nitrogens with zero attached hydrogens (tertiary/aromatic N) is 4. The summed E-state index contributed by atoms with van der Waals surface area (Å²) in [5.74, 6) is 0.505. The second-order valence-electron chi connectivity index (χ2n) is 14.0. The Kier molecular flexibility index (Phi) is 4.94. The summed E-state index contributed by atoms with van der Waals surface area (Å²) in [5.41, 5.74) is 0. The summed E-state index contributed by atoms with van der Waals surface area (Å²) in [6, 6.07) is -0.110. The van der Waals surface area contributed by atoms with Crippen molar-refractivity contribution in [2.24, 2.45) is 53.3 Å². The van der Waals surface area contributed by atoms with Crippen LogP contribution < -0.4 is 0 Å². The van der Waals surface area contributed by atoms with Gasteiger partial charge >= 0.3 is 5.97 Å². The molecule has 0 radical (unpaired) electrons. The molecular formula is C29H38N4O6. The number of fused-ring (bicyclic) bond motifs is 4. The van der Waals surface area contributed by atoms with Gasteiger partial charge in [-0.25, -0.2) is 0 Å². The van der Waals surface area contributed by atoms with Crippen LogP contribution in [0.5, 0.6) is 0 Å². The number of ether oxygens (including phenoxy) is 1. The highest BCUT2D eigenvalue weighted by atomic mass is 16.5. The second kappa shape index (κ2) is 7.97. The molecule has 39 heavy (non-hydrogen) atoms. The Bertz CT molecular complexity index is 1190. The summed E-state index contributed by atoms with van der Waals surface area (Å²) < 4.78 is 4.95. The fraction of sp³-hybridized carbons (Fsp3) is 0.828. The maximum absolute atomic E-state index is 13.8. The molecular weight excluding hydrogens is 500 g/mol. The molecule has 8 saturated heterocycles. The summed E-state index contributed by atoms with van der Waals surface area (Å²) in [7, 11) is 1.41. The van der Waals surface area contributed by atoms with Gasteiger partial charge in [-0.2, -0.15) is 0 Å². The molecule has 0 spiro atoms. The van der Waals surface area contributed by atoms with Crippen molar-refractivity contribution in [1.82, 2.24) is 19.6 Å². The van der Waals surface area contributed by atoms with E-state index in [9.17, 15) is 24.0 Å². The highest BCUT2D eigenvalue weighted by molar-refractivity contribution is 5.90. The molecule has 0 aromatic rings. The van der Waals surface area contributed by atoms with Gasteiger partial charge in [-0.1, -0.05) is 13.8 Å². The lowest BCUT2D eigenvalue weighted by Gasteiger charge is -2.43. The molecule has 210 valence electrons. The zero-order valence-electron chi connectivity index (χ0n) is 22.9. The van der Waals surface area contributed by atoms with Crippen LogP contribution in [0.2, 0.25) is 0 Å². The molecule has 10 nitrogen and oxygen atoms in total. The van der Waals surface area contributed by atoms with E-state index < -0.39 is 0 Å². The largest absolute Gasteiger partial charge is 0.469 e. The van der Waals surface area contributed by atoms with Crippen molar-refractivity contribution < 1.29 is 28.7 Å². The van der Waals surface area contributed by atoms with Crippen molar-refractivity contribution in [1.29, 1.82) is 0 Å². The zero-order chi connectivity index (χ0) is 27.1. The van der Waals surface area contributed by atoms with E-state index in [2.05, 4.69) is 0 Å². The molecule has 8 bridgehead atoms. The van der Waals surface area contributed by atoms with E-state index in [0.29, 0.717) is 26.2 Å². The van der Waals surface area contributed by atoms with Crippen LogP contribution in [0.4, 0.5) is 0 Å². The molecule has 0 aromatic carbocycles. The summed E-state index contributed by atoms with van der Waals surface area (Å²) in [6.07, 6.45) is 3.55. The minimum absolute atomic E-state index is 0.0253. The number of carbonyl (C=O) groups excluding carboxylic acids is 5. The van der Waals surface area contributed by atoms with Crippen molar-refractivity contribution in [3.63, 3.8) is 0 Å². The fourth-order valence-corrected chi connectivity index (χ4v) is 9.98. The van der Waals surface area contributed by atoms with Crippen molar-refractivity contribution in [2.45, 2.75) is 63.7 Å². The van der Waals surface area contributed by atoms with Crippen molar-refractivity contribution >= 4 is 29.6 Å². The van der Waals surface area contributed by atoms with Gasteiger partial charge in [0.2, 0.25) is 23.6 Å². The first kappa shape index (κ1) is 24.2. The summed E-state index contributed by atoms with van der Waals surface area (Å²) in [5, 5.41) is 0. The summed E-state index contributed by atoms with van der Waals surface area (Å²) in [6.45, 7) is 6.41. The molecule has 0 N–H and O–H groups in total. The van der Waals surface area contributed by atoms with Crippen LogP contribution in [0.25, 0.3) is 0 Å². The summed E-state index contributed by atoms with van der Waals surface area (Å²) >= 11 is 0. The van der Waals surface area contributed by atoms with E-state index >= 15 is 0 Å². The Hall–Kier alpha value is -2.65. The maximum Gasteiger partial charge on any atom is 0.311 e. The monoisotopic (exact) mass is 538 g/mol. The van der Waals surface area contributed by atoms with Gasteiger partial charge in [0, 0.05) is 56.3 Å². The second-order valence-corrected chi connectivity index (χ2v) is 14.0. The molecule has 12 atom stereocenters. The minimum Gasteiger partial charge on any atom is -0.469 e. The molecule has 12 rings (SSSR count). The predicted octanol–water partition coefficient (Wildman–Crippen LogP) is 0.203. The van der Waals surface area contributed by atoms with Gasteiger partial charge in [-0.05, 0) is 49.4 Å². The first-order valence-corrected chi connectivity index (χ1v) is 15.0. The number of esters is 1. The van der Waals surface area contributed by atoms with Gasteiger partial charge in [0.1, 0.15) is 0 Å². The normalized spacial score (nSPS) is 45.5. The first-order valence-electron chi connectivity index (χ1n) is 15.0. The molecule has 4 saturated carbocycles. The highest BCUT2D eigenvalue weighted by Gasteiger charge is 2.67. The van der Waals surface area contributed by atoms with E-state index in [1.807, 2.05) is 33.4 Å². The molecule has 12 unspecified atom stereocenters. The van der Waals surface area contributed by atoms with Crippen molar-refractivity contribution in [2.75, 3.05) is 33.3 Å². The van der Waals surface area contributed by atoms with E-state index in [4.69, 9.17) is 4.74 Å². The van der Waals surface area contributed by atoms with Gasteiger partial charge in [-0.3, -0.25) is 24.0 Å². The number of methoxy groups -OCH3 is 1. The molecule has 4 amide bonds. The lowest BCUT2D eigenvalue weighted by Crippen LogP contribution is -2.56. The molecule has 0 aromatic heterocycles. The van der Waals surface area contributed by atoms with Crippen LogP contribution in [0.15, 0.2) is 0 Å². The number of hydrogen-bond acceptors (Lipinski definition) is 6. The van der Waals surface area contributed by atoms with Crippen LogP contribution in [-0.2, 0) is 28.7 Å². The van der Waals surface area contributed by atoms with Gasteiger partial charge in [-0.15, -0.1) is 0 Å². The number of carbonyl (C=O) groups is 5.